The third kappa shape index (κ3) is 7.12. The van der Waals surface area contributed by atoms with Crippen molar-refractivity contribution < 1.29 is 0 Å². The second-order valence-corrected chi connectivity index (χ2v) is 14.1. The van der Waals surface area contributed by atoms with Crippen molar-refractivity contribution in [2.24, 2.45) is 0 Å². The SMILES string of the molecule is CCC(C)(CC)c1ccc(N(c2ccccc2)c2ccc(-c3ccc(N(c4ccccc4)c4ccc(C(C)(CC)CC)cc4)cc3)cc2)cc1. The minimum atomic E-state index is 0.196. The zero-order valence-corrected chi connectivity index (χ0v) is 30.7. The normalized spacial score (nSPS) is 11.7. The largest absolute Gasteiger partial charge is 0.311 e. The molecule has 6 aromatic carbocycles. The average molecular weight is 657 g/mol. The summed E-state index contributed by atoms with van der Waals surface area (Å²) in [5.74, 6) is 0. The molecule has 0 saturated carbocycles. The fraction of sp³-hybridized carbons (Fsp3) is 0.250. The summed E-state index contributed by atoms with van der Waals surface area (Å²) in [6, 6.07) is 57.6. The van der Waals surface area contributed by atoms with Crippen molar-refractivity contribution in [2.45, 2.75) is 78.1 Å². The molecule has 0 N–H and O–H groups in total. The van der Waals surface area contributed by atoms with Crippen molar-refractivity contribution in [2.75, 3.05) is 9.80 Å². The smallest absolute Gasteiger partial charge is 0.0462 e. The zero-order valence-electron chi connectivity index (χ0n) is 30.7. The Labute approximate surface area is 301 Å². The van der Waals surface area contributed by atoms with E-state index in [9.17, 15) is 0 Å². The molecule has 6 aromatic rings. The number of anilines is 6. The fourth-order valence-corrected chi connectivity index (χ4v) is 7.00. The Bertz CT molecular complexity index is 1770. The van der Waals surface area contributed by atoms with Gasteiger partial charge in [0.1, 0.15) is 0 Å². The highest BCUT2D eigenvalue weighted by atomic mass is 15.1. The van der Waals surface area contributed by atoms with Crippen LogP contribution in [0.15, 0.2) is 158 Å². The maximum absolute atomic E-state index is 2.37. The molecule has 6 rings (SSSR count). The minimum Gasteiger partial charge on any atom is -0.311 e. The molecule has 0 saturated heterocycles. The van der Waals surface area contributed by atoms with E-state index in [0.29, 0.717) is 0 Å². The predicted octanol–water partition coefficient (Wildman–Crippen LogP) is 14.4. The number of para-hydroxylation sites is 2. The monoisotopic (exact) mass is 656 g/mol. The summed E-state index contributed by atoms with van der Waals surface area (Å²) in [5.41, 5.74) is 12.5. The van der Waals surface area contributed by atoms with Crippen LogP contribution in [-0.2, 0) is 10.8 Å². The van der Waals surface area contributed by atoms with Crippen molar-refractivity contribution in [3.05, 3.63) is 169 Å². The Morgan fingerprint density at radius 3 is 0.820 bits per heavy atom. The van der Waals surface area contributed by atoms with Crippen LogP contribution in [0.2, 0.25) is 0 Å². The van der Waals surface area contributed by atoms with E-state index in [-0.39, 0.29) is 10.8 Å². The van der Waals surface area contributed by atoms with Gasteiger partial charge in [-0.2, -0.15) is 0 Å². The molecule has 0 heterocycles. The van der Waals surface area contributed by atoms with Crippen LogP contribution >= 0.6 is 0 Å². The Balaban J connectivity index is 1.29. The molecule has 2 heteroatoms. The quantitative estimate of drug-likeness (QED) is 0.122. The molecule has 0 amide bonds. The number of benzene rings is 6. The van der Waals surface area contributed by atoms with E-state index < -0.39 is 0 Å². The van der Waals surface area contributed by atoms with Crippen LogP contribution in [-0.4, -0.2) is 0 Å². The van der Waals surface area contributed by atoms with E-state index in [1.54, 1.807) is 0 Å². The van der Waals surface area contributed by atoms with E-state index in [0.717, 1.165) is 59.8 Å². The molecule has 0 atom stereocenters. The van der Waals surface area contributed by atoms with Gasteiger partial charge in [0.25, 0.3) is 0 Å². The van der Waals surface area contributed by atoms with Gasteiger partial charge in [0.2, 0.25) is 0 Å². The lowest BCUT2D eigenvalue weighted by Gasteiger charge is -2.30. The highest BCUT2D eigenvalue weighted by molar-refractivity contribution is 5.80. The molecular formula is C48H52N2. The number of hydrogen-bond donors (Lipinski definition) is 0. The fourth-order valence-electron chi connectivity index (χ4n) is 7.00. The van der Waals surface area contributed by atoms with Gasteiger partial charge < -0.3 is 9.80 Å². The first kappa shape index (κ1) is 34.8. The molecule has 0 fully saturated rings. The maximum atomic E-state index is 2.37. The molecule has 0 spiro atoms. The molecule has 0 bridgehead atoms. The number of rotatable bonds is 13. The van der Waals surface area contributed by atoms with Gasteiger partial charge in [0.05, 0.1) is 0 Å². The molecule has 50 heavy (non-hydrogen) atoms. The molecule has 0 aliphatic carbocycles. The van der Waals surface area contributed by atoms with Crippen LogP contribution in [0.1, 0.15) is 78.4 Å². The molecule has 2 nitrogen and oxygen atoms in total. The third-order valence-corrected chi connectivity index (χ3v) is 11.4. The third-order valence-electron chi connectivity index (χ3n) is 11.4. The van der Waals surface area contributed by atoms with Gasteiger partial charge in [-0.05, 0) is 132 Å². The molecule has 0 radical (unpaired) electrons. The minimum absolute atomic E-state index is 0.196. The lowest BCUT2D eigenvalue weighted by molar-refractivity contribution is 0.439. The molecule has 0 unspecified atom stereocenters. The molecule has 0 aliphatic heterocycles. The second-order valence-electron chi connectivity index (χ2n) is 14.1. The van der Waals surface area contributed by atoms with E-state index in [2.05, 4.69) is 209 Å². The van der Waals surface area contributed by atoms with E-state index in [1.807, 2.05) is 0 Å². The van der Waals surface area contributed by atoms with Crippen LogP contribution in [0, 0.1) is 0 Å². The summed E-state index contributed by atoms with van der Waals surface area (Å²) in [6.07, 6.45) is 4.51. The molecule has 0 aromatic heterocycles. The van der Waals surface area contributed by atoms with Crippen molar-refractivity contribution >= 4 is 34.1 Å². The topological polar surface area (TPSA) is 6.48 Å². The highest BCUT2D eigenvalue weighted by Crippen LogP contribution is 2.40. The van der Waals surface area contributed by atoms with Crippen molar-refractivity contribution in [3.63, 3.8) is 0 Å². The first-order valence-corrected chi connectivity index (χ1v) is 18.4. The zero-order chi connectivity index (χ0) is 35.1. The highest BCUT2D eigenvalue weighted by Gasteiger charge is 2.24. The Morgan fingerprint density at radius 1 is 0.320 bits per heavy atom. The Hall–Kier alpha value is -5.08. The van der Waals surface area contributed by atoms with E-state index in [1.165, 1.54) is 22.3 Å². The number of nitrogens with zero attached hydrogens (tertiary/aromatic N) is 2. The van der Waals surface area contributed by atoms with Crippen LogP contribution < -0.4 is 9.80 Å². The van der Waals surface area contributed by atoms with Crippen molar-refractivity contribution in [1.29, 1.82) is 0 Å². The lowest BCUT2D eigenvalue weighted by atomic mass is 9.78. The predicted molar refractivity (Wildman–Crippen MR) is 217 cm³/mol. The first-order chi connectivity index (χ1) is 24.3. The Morgan fingerprint density at radius 2 is 0.560 bits per heavy atom. The van der Waals surface area contributed by atoms with Gasteiger partial charge in [-0.3, -0.25) is 0 Å². The van der Waals surface area contributed by atoms with Gasteiger partial charge in [0, 0.05) is 34.1 Å². The summed E-state index contributed by atoms with van der Waals surface area (Å²) < 4.78 is 0. The summed E-state index contributed by atoms with van der Waals surface area (Å²) in [7, 11) is 0. The summed E-state index contributed by atoms with van der Waals surface area (Å²) in [5, 5.41) is 0. The van der Waals surface area contributed by atoms with Crippen LogP contribution in [0.4, 0.5) is 34.1 Å². The van der Waals surface area contributed by atoms with Gasteiger partial charge in [-0.25, -0.2) is 0 Å². The van der Waals surface area contributed by atoms with Crippen molar-refractivity contribution in [3.8, 4) is 11.1 Å². The maximum Gasteiger partial charge on any atom is 0.0462 e. The Kier molecular flexibility index (Phi) is 10.6. The molecule has 0 aliphatic rings. The van der Waals surface area contributed by atoms with E-state index in [4.69, 9.17) is 0 Å². The van der Waals surface area contributed by atoms with Crippen LogP contribution in [0.5, 0.6) is 0 Å². The van der Waals surface area contributed by atoms with Gasteiger partial charge in [-0.15, -0.1) is 0 Å². The molecular weight excluding hydrogens is 605 g/mol. The van der Waals surface area contributed by atoms with Gasteiger partial charge in [0.15, 0.2) is 0 Å². The second kappa shape index (κ2) is 15.2. The lowest BCUT2D eigenvalue weighted by Crippen LogP contribution is -2.19. The van der Waals surface area contributed by atoms with Crippen LogP contribution in [0.3, 0.4) is 0 Å². The number of hydrogen-bond acceptors (Lipinski definition) is 2. The van der Waals surface area contributed by atoms with Gasteiger partial charge >= 0.3 is 0 Å². The first-order valence-electron chi connectivity index (χ1n) is 18.4. The van der Waals surface area contributed by atoms with Gasteiger partial charge in [-0.1, -0.05) is 126 Å². The van der Waals surface area contributed by atoms with E-state index >= 15 is 0 Å². The molecule has 254 valence electrons. The van der Waals surface area contributed by atoms with Crippen molar-refractivity contribution in [1.82, 2.24) is 0 Å². The van der Waals surface area contributed by atoms with Crippen LogP contribution in [0.25, 0.3) is 11.1 Å². The average Bonchev–Trinajstić information content (AvgIpc) is 3.19. The summed E-state index contributed by atoms with van der Waals surface area (Å²) in [4.78, 5) is 4.69. The summed E-state index contributed by atoms with van der Waals surface area (Å²) >= 11 is 0. The summed E-state index contributed by atoms with van der Waals surface area (Å²) in [6.45, 7) is 13.9. The standard InChI is InChI=1S/C48H52N2/c1-7-47(5,8-2)39-25-33-45(34-26-39)49(41-17-13-11-14-18-41)43-29-21-37(22-30-43)38-23-31-44(32-24-38)50(42-19-15-12-16-20-42)46-35-27-40(28-36-46)48(6,9-3)10-4/h11-36H,7-10H2,1-6H3.